The fraction of sp³-hybridized carbons (Fsp3) is 0. The van der Waals surface area contributed by atoms with Crippen molar-refractivity contribution in [2.75, 3.05) is 0 Å². The van der Waals surface area contributed by atoms with Crippen molar-refractivity contribution < 1.29 is 44.4 Å². The maximum atomic E-state index is 11.4. The average molecular weight is 459 g/mol. The summed E-state index contributed by atoms with van der Waals surface area (Å²) in [4.78, 5) is 53.8. The molecule has 152 valence electrons. The summed E-state index contributed by atoms with van der Waals surface area (Å²) in [6.07, 6.45) is 0. The number of carboxylic acids is 4. The molecular weight excluding hydrogens is 448 g/mol. The molecule has 0 aliphatic heterocycles. The highest BCUT2D eigenvalue weighted by atomic mass is 35.5. The van der Waals surface area contributed by atoms with Crippen molar-refractivity contribution in [3.05, 3.63) is 58.7 Å². The van der Waals surface area contributed by atoms with Crippen molar-refractivity contribution >= 4 is 62.8 Å². The van der Waals surface area contributed by atoms with E-state index in [9.17, 15) is 39.6 Å². The van der Waals surface area contributed by atoms with E-state index < -0.39 is 23.9 Å². The molecule has 0 bridgehead atoms. The standard InChI is InChI=1S/C16H10O8S2.CHClO/c17-13(18)7-3-1-4-8(14(19)20)11(7)25-26-12-9(15(21)22)5-2-6-10(12)16(23)24;2-1-3/h1-6H,(H,17,18)(H,19,20)(H,21,22)(H,23,24);1H. The van der Waals surface area contributed by atoms with Crippen molar-refractivity contribution in [2.24, 2.45) is 0 Å². The Morgan fingerprint density at radius 1 is 0.655 bits per heavy atom. The normalized spacial score (nSPS) is 9.69. The topological polar surface area (TPSA) is 166 Å². The number of rotatable bonds is 7. The van der Waals surface area contributed by atoms with E-state index in [1.54, 1.807) is 0 Å². The number of halogens is 1. The second kappa shape index (κ2) is 11.1. The second-order valence-corrected chi connectivity index (χ2v) is 7.17. The Hall–Kier alpha value is -3.02. The van der Waals surface area contributed by atoms with Crippen LogP contribution >= 0.6 is 33.2 Å². The van der Waals surface area contributed by atoms with Crippen LogP contribution in [0, 0.1) is 0 Å². The van der Waals surface area contributed by atoms with E-state index in [-0.39, 0.29) is 37.8 Å². The summed E-state index contributed by atoms with van der Waals surface area (Å²) < 4.78 is 0. The van der Waals surface area contributed by atoms with E-state index in [1.807, 2.05) is 0 Å². The smallest absolute Gasteiger partial charge is 0.336 e. The molecular formula is C17H11ClO9S2. The molecule has 2 aromatic rings. The fourth-order valence-electron chi connectivity index (χ4n) is 2.01. The molecule has 0 spiro atoms. The summed E-state index contributed by atoms with van der Waals surface area (Å²) in [6, 6.07) is 7.38. The Labute approximate surface area is 175 Å². The molecule has 0 unspecified atom stereocenters. The van der Waals surface area contributed by atoms with Crippen molar-refractivity contribution in [3.63, 3.8) is 0 Å². The molecule has 0 saturated heterocycles. The predicted octanol–water partition coefficient (Wildman–Crippen LogP) is 3.69. The third kappa shape index (κ3) is 6.24. The zero-order valence-corrected chi connectivity index (χ0v) is 16.5. The zero-order valence-electron chi connectivity index (χ0n) is 14.1. The van der Waals surface area contributed by atoms with Gasteiger partial charge in [-0.3, -0.25) is 4.79 Å². The molecule has 0 aliphatic rings. The van der Waals surface area contributed by atoms with Crippen LogP contribution in [0.5, 0.6) is 0 Å². The Kier molecular flexibility index (Phi) is 9.19. The van der Waals surface area contributed by atoms with Crippen LogP contribution in [0.15, 0.2) is 46.2 Å². The monoisotopic (exact) mass is 458 g/mol. The molecule has 0 radical (unpaired) electrons. The van der Waals surface area contributed by atoms with Gasteiger partial charge in [0.25, 0.3) is 0 Å². The van der Waals surface area contributed by atoms with Gasteiger partial charge in [0, 0.05) is 9.79 Å². The fourth-order valence-corrected chi connectivity index (χ4v) is 4.74. The van der Waals surface area contributed by atoms with Crippen molar-refractivity contribution in [1.29, 1.82) is 0 Å². The van der Waals surface area contributed by atoms with Gasteiger partial charge < -0.3 is 20.4 Å². The first-order valence-electron chi connectivity index (χ1n) is 7.23. The molecule has 0 fully saturated rings. The van der Waals surface area contributed by atoms with Gasteiger partial charge in [-0.1, -0.05) is 33.7 Å². The molecule has 0 aliphatic carbocycles. The summed E-state index contributed by atoms with van der Waals surface area (Å²) in [7, 11) is 1.35. The van der Waals surface area contributed by atoms with Gasteiger partial charge in [0.05, 0.1) is 22.3 Å². The van der Waals surface area contributed by atoms with E-state index in [1.165, 1.54) is 36.4 Å². The average Bonchev–Trinajstić information content (AvgIpc) is 2.65. The number of carbonyl (C=O) groups excluding carboxylic acids is 1. The summed E-state index contributed by atoms with van der Waals surface area (Å²) in [6.45, 7) is 0. The Morgan fingerprint density at radius 3 is 1.03 bits per heavy atom. The number of carbonyl (C=O) groups is 5. The van der Waals surface area contributed by atoms with Gasteiger partial charge in [-0.25, -0.2) is 19.2 Å². The van der Waals surface area contributed by atoms with Crippen LogP contribution in [0.1, 0.15) is 41.4 Å². The Bertz CT molecular complexity index is 835. The van der Waals surface area contributed by atoms with E-state index in [4.69, 9.17) is 4.79 Å². The maximum Gasteiger partial charge on any atom is 0.336 e. The first-order chi connectivity index (χ1) is 13.6. The van der Waals surface area contributed by atoms with Gasteiger partial charge in [-0.05, 0) is 35.9 Å². The molecule has 0 heterocycles. The highest BCUT2D eigenvalue weighted by Gasteiger charge is 2.23. The number of carboxylic acid groups (broad SMARTS) is 4. The molecule has 2 aromatic carbocycles. The highest BCUT2D eigenvalue weighted by Crippen LogP contribution is 2.43. The van der Waals surface area contributed by atoms with Crippen LogP contribution in [0.4, 0.5) is 0 Å². The summed E-state index contributed by atoms with van der Waals surface area (Å²) in [5.74, 6) is -5.22. The van der Waals surface area contributed by atoms with Crippen molar-refractivity contribution in [3.8, 4) is 0 Å². The molecule has 0 amide bonds. The lowest BCUT2D eigenvalue weighted by atomic mass is 10.1. The minimum Gasteiger partial charge on any atom is -0.478 e. The van der Waals surface area contributed by atoms with E-state index >= 15 is 0 Å². The Balaban J connectivity index is 0.00000132. The second-order valence-electron chi connectivity index (χ2n) is 4.84. The highest BCUT2D eigenvalue weighted by molar-refractivity contribution is 8.76. The maximum absolute atomic E-state index is 11.4. The van der Waals surface area contributed by atoms with Crippen LogP contribution in [-0.2, 0) is 4.79 Å². The van der Waals surface area contributed by atoms with Gasteiger partial charge in [0.2, 0.25) is 5.75 Å². The zero-order chi connectivity index (χ0) is 22.1. The van der Waals surface area contributed by atoms with Crippen LogP contribution in [0.25, 0.3) is 0 Å². The molecule has 12 heteroatoms. The van der Waals surface area contributed by atoms with E-state index in [0.29, 0.717) is 21.6 Å². The molecule has 2 rings (SSSR count). The number of hydrogen-bond donors (Lipinski definition) is 4. The summed E-state index contributed by atoms with van der Waals surface area (Å²) in [5.41, 5.74) is -1.14. The molecule has 9 nitrogen and oxygen atoms in total. The van der Waals surface area contributed by atoms with E-state index in [0.717, 1.165) is 0 Å². The van der Waals surface area contributed by atoms with Crippen LogP contribution in [0.2, 0.25) is 0 Å². The third-order valence-corrected chi connectivity index (χ3v) is 5.71. The Morgan fingerprint density at radius 2 is 0.862 bits per heavy atom. The SMILES string of the molecule is O=C(O)c1cccc(C(=O)O)c1SSc1c(C(=O)O)cccc1C(=O)O.O=CCl. The first kappa shape index (κ1) is 24.0. The first-order valence-corrected chi connectivity index (χ1v) is 9.81. The molecule has 0 saturated carbocycles. The molecule has 29 heavy (non-hydrogen) atoms. The van der Waals surface area contributed by atoms with Crippen LogP contribution in [-0.4, -0.2) is 50.0 Å². The van der Waals surface area contributed by atoms with Crippen molar-refractivity contribution in [1.82, 2.24) is 0 Å². The number of aromatic carboxylic acids is 4. The summed E-state index contributed by atoms with van der Waals surface area (Å²) in [5, 5.41) is 37.0. The minimum atomic E-state index is -1.36. The number of benzene rings is 2. The number of hydrogen-bond acceptors (Lipinski definition) is 7. The van der Waals surface area contributed by atoms with Crippen LogP contribution < -0.4 is 0 Å². The third-order valence-electron chi connectivity index (χ3n) is 3.16. The predicted molar refractivity (Wildman–Crippen MR) is 105 cm³/mol. The molecule has 0 atom stereocenters. The quantitative estimate of drug-likeness (QED) is 0.271. The lowest BCUT2D eigenvalue weighted by molar-refractivity contribution is 0.0668. The largest absolute Gasteiger partial charge is 0.478 e. The van der Waals surface area contributed by atoms with Gasteiger partial charge in [0.15, 0.2) is 0 Å². The van der Waals surface area contributed by atoms with Gasteiger partial charge in [-0.15, -0.1) is 0 Å². The minimum absolute atomic E-state index is 0.117. The van der Waals surface area contributed by atoms with Gasteiger partial charge in [-0.2, -0.15) is 0 Å². The van der Waals surface area contributed by atoms with E-state index in [2.05, 4.69) is 11.6 Å². The molecule has 0 aromatic heterocycles. The van der Waals surface area contributed by atoms with Crippen LogP contribution in [0.3, 0.4) is 0 Å². The molecule has 4 N–H and O–H groups in total. The lowest BCUT2D eigenvalue weighted by Crippen LogP contribution is -2.07. The van der Waals surface area contributed by atoms with Crippen molar-refractivity contribution in [2.45, 2.75) is 9.79 Å². The van der Waals surface area contributed by atoms with Gasteiger partial charge in [0.1, 0.15) is 0 Å². The van der Waals surface area contributed by atoms with Gasteiger partial charge >= 0.3 is 23.9 Å². The summed E-state index contributed by atoms with van der Waals surface area (Å²) >= 11 is 4.32. The lowest BCUT2D eigenvalue weighted by Gasteiger charge is -2.12.